The van der Waals surface area contributed by atoms with Crippen LogP contribution in [0, 0.1) is 0 Å². The van der Waals surface area contributed by atoms with Crippen molar-refractivity contribution in [3.05, 3.63) is 194 Å². The van der Waals surface area contributed by atoms with Gasteiger partial charge in [-0.3, -0.25) is 0 Å². The Morgan fingerprint density at radius 2 is 0.797 bits per heavy atom. The van der Waals surface area contributed by atoms with Gasteiger partial charge in [0.2, 0.25) is 0 Å². The second-order valence-corrected chi connectivity index (χ2v) is 15.4. The Kier molecular flexibility index (Phi) is 10.8. The van der Waals surface area contributed by atoms with E-state index in [9.17, 15) is 21.6 Å². The zero-order valence-electron chi connectivity index (χ0n) is 31.2. The van der Waals surface area contributed by atoms with Crippen molar-refractivity contribution in [2.75, 3.05) is 0 Å². The molecule has 10 rings (SSSR count). The summed E-state index contributed by atoms with van der Waals surface area (Å²) < 4.78 is 65.0. The van der Waals surface area contributed by atoms with E-state index in [-0.39, 0.29) is 5.75 Å². The molecule has 10 heteroatoms. The molecule has 5 nitrogen and oxygen atoms in total. The Bertz CT molecular complexity index is 3150. The minimum Gasteiger partial charge on any atom is -0.423 e. The van der Waals surface area contributed by atoms with Gasteiger partial charge in [0.15, 0.2) is 5.75 Å². The molecule has 0 saturated carbocycles. The largest absolute Gasteiger partial charge is 0.534 e. The van der Waals surface area contributed by atoms with Crippen molar-refractivity contribution >= 4 is 87.3 Å². The number of rotatable bonds is 4. The molecular formula is C49H34BF3O5S. The maximum Gasteiger partial charge on any atom is 0.534 e. The van der Waals surface area contributed by atoms with E-state index in [4.69, 9.17) is 10.0 Å². The Morgan fingerprint density at radius 3 is 1.25 bits per heavy atom. The highest BCUT2D eigenvalue weighted by Gasteiger charge is 2.49. The molecule has 0 amide bonds. The van der Waals surface area contributed by atoms with Crippen LogP contribution < -0.4 is 9.65 Å². The molecule has 0 bridgehead atoms. The molecule has 0 radical (unpaired) electrons. The number of hydrogen-bond donors (Lipinski definition) is 2. The van der Waals surface area contributed by atoms with Crippen molar-refractivity contribution < 1.29 is 35.8 Å². The molecule has 0 spiro atoms. The Labute approximate surface area is 338 Å². The van der Waals surface area contributed by atoms with Gasteiger partial charge in [-0.15, -0.1) is 0 Å². The second kappa shape index (κ2) is 16.3. The van der Waals surface area contributed by atoms with E-state index in [1.165, 1.54) is 55.6 Å². The molecular weight excluding hydrogens is 768 g/mol. The van der Waals surface area contributed by atoms with Crippen LogP contribution >= 0.6 is 0 Å². The van der Waals surface area contributed by atoms with Crippen LogP contribution in [0.5, 0.6) is 5.75 Å². The molecule has 0 aromatic heterocycles. The number of alkyl halides is 3. The third-order valence-electron chi connectivity index (χ3n) is 10.1. The maximum atomic E-state index is 12.6. The fourth-order valence-corrected chi connectivity index (χ4v) is 7.75. The van der Waals surface area contributed by atoms with E-state index in [2.05, 4.69) is 101 Å². The SMILES string of the molecule is O=S(=O)(Oc1c2ccccc2cc2ccccc12)C(F)(F)F.OB(O)c1ccc2ccccc2c1.c1ccc2cc(-c3c4ccccc4cc4ccccc34)ccc2c1. The highest BCUT2D eigenvalue weighted by Crippen LogP contribution is 2.39. The average Bonchev–Trinajstić information content (AvgIpc) is 3.25. The number of halogens is 3. The monoisotopic (exact) mass is 802 g/mol. The predicted molar refractivity (Wildman–Crippen MR) is 235 cm³/mol. The van der Waals surface area contributed by atoms with Crippen molar-refractivity contribution in [2.24, 2.45) is 0 Å². The molecule has 290 valence electrons. The van der Waals surface area contributed by atoms with Gasteiger partial charge in [-0.2, -0.15) is 21.6 Å². The molecule has 0 heterocycles. The van der Waals surface area contributed by atoms with E-state index in [1.807, 2.05) is 30.3 Å². The smallest absolute Gasteiger partial charge is 0.423 e. The summed E-state index contributed by atoms with van der Waals surface area (Å²) in [7, 11) is -7.12. The number of fused-ring (bicyclic) bond motifs is 6. The van der Waals surface area contributed by atoms with Crippen molar-refractivity contribution in [2.45, 2.75) is 5.51 Å². The van der Waals surface area contributed by atoms with Gasteiger partial charge < -0.3 is 14.2 Å². The van der Waals surface area contributed by atoms with Crippen LogP contribution in [0.25, 0.3) is 75.8 Å². The van der Waals surface area contributed by atoms with Gasteiger partial charge in [0.25, 0.3) is 0 Å². The molecule has 10 aromatic rings. The Balaban J connectivity index is 0.000000129. The van der Waals surface area contributed by atoms with Gasteiger partial charge in [0.1, 0.15) is 0 Å². The van der Waals surface area contributed by atoms with Crippen LogP contribution in [0.15, 0.2) is 194 Å². The summed E-state index contributed by atoms with van der Waals surface area (Å²) in [6, 6.07) is 62.9. The maximum absolute atomic E-state index is 12.6. The molecule has 0 fully saturated rings. The highest BCUT2D eigenvalue weighted by atomic mass is 32.2. The normalized spacial score (nSPS) is 11.6. The highest BCUT2D eigenvalue weighted by molar-refractivity contribution is 7.88. The van der Waals surface area contributed by atoms with Crippen LogP contribution in [0.2, 0.25) is 0 Å². The summed E-state index contributed by atoms with van der Waals surface area (Å²) in [6.45, 7) is 0. The Morgan fingerprint density at radius 1 is 0.424 bits per heavy atom. The molecule has 0 aliphatic rings. The summed E-state index contributed by atoms with van der Waals surface area (Å²) in [5.74, 6) is -0.314. The topological polar surface area (TPSA) is 83.8 Å². The lowest BCUT2D eigenvalue weighted by Crippen LogP contribution is -2.29. The summed E-state index contributed by atoms with van der Waals surface area (Å²) in [5, 5.41) is 29.6. The first-order chi connectivity index (χ1) is 28.5. The molecule has 0 unspecified atom stereocenters. The first-order valence-electron chi connectivity index (χ1n) is 18.6. The zero-order valence-corrected chi connectivity index (χ0v) is 32.0. The standard InChI is InChI=1S/C24H16.C15H9F3O3S.C10H9BO2/c1-2-8-18-15-21(14-13-17(18)7-1)24-22-11-5-3-9-19(22)16-20-10-4-6-12-23(20)24;16-15(17,18)22(19,20)21-14-12-7-3-1-5-10(12)9-11-6-2-4-8-13(11)14;12-11(13)10-6-5-8-3-1-2-4-9(8)7-10/h1-16H;1-9H;1-7,12-13H. The molecule has 10 aromatic carbocycles. The van der Waals surface area contributed by atoms with Crippen LogP contribution in [0.4, 0.5) is 13.2 Å². The first kappa shape index (κ1) is 39.1. The zero-order chi connectivity index (χ0) is 41.1. The van der Waals surface area contributed by atoms with E-state index >= 15 is 0 Å². The fraction of sp³-hybridized carbons (Fsp3) is 0.0204. The summed E-state index contributed by atoms with van der Waals surface area (Å²) in [5.41, 5.74) is -2.35. The van der Waals surface area contributed by atoms with Gasteiger partial charge in [0, 0.05) is 10.8 Å². The summed E-state index contributed by atoms with van der Waals surface area (Å²) in [6.07, 6.45) is 0. The predicted octanol–water partition coefficient (Wildman–Crippen LogP) is 11.6. The molecule has 59 heavy (non-hydrogen) atoms. The van der Waals surface area contributed by atoms with E-state index < -0.39 is 22.7 Å². The summed E-state index contributed by atoms with van der Waals surface area (Å²) in [4.78, 5) is 0. The minimum absolute atomic E-state index is 0.300. The van der Waals surface area contributed by atoms with Crippen molar-refractivity contribution in [1.29, 1.82) is 0 Å². The molecule has 0 atom stereocenters. The third-order valence-corrected chi connectivity index (χ3v) is 11.0. The quantitative estimate of drug-likeness (QED) is 0.0801. The fourth-order valence-electron chi connectivity index (χ4n) is 7.26. The van der Waals surface area contributed by atoms with Crippen molar-refractivity contribution in [1.82, 2.24) is 0 Å². The third kappa shape index (κ3) is 8.20. The second-order valence-electron chi connectivity index (χ2n) is 13.9. The van der Waals surface area contributed by atoms with Gasteiger partial charge >= 0.3 is 22.7 Å². The van der Waals surface area contributed by atoms with Gasteiger partial charge in [-0.05, 0) is 88.7 Å². The molecule has 0 aliphatic heterocycles. The summed E-state index contributed by atoms with van der Waals surface area (Å²) >= 11 is 0. The minimum atomic E-state index is -5.73. The van der Waals surface area contributed by atoms with Gasteiger partial charge in [-0.25, -0.2) is 0 Å². The average molecular weight is 803 g/mol. The molecule has 2 N–H and O–H groups in total. The van der Waals surface area contributed by atoms with Crippen LogP contribution in [-0.2, 0) is 10.1 Å². The van der Waals surface area contributed by atoms with E-state index in [0.717, 1.165) is 10.8 Å². The lowest BCUT2D eigenvalue weighted by atomic mass is 9.79. The van der Waals surface area contributed by atoms with Crippen molar-refractivity contribution in [3.63, 3.8) is 0 Å². The Hall–Kier alpha value is -6.72. The van der Waals surface area contributed by atoms with Gasteiger partial charge in [-0.1, -0.05) is 176 Å². The molecule has 0 aliphatic carbocycles. The molecule has 0 saturated heterocycles. The number of benzene rings is 10. The van der Waals surface area contributed by atoms with Crippen LogP contribution in [0.3, 0.4) is 0 Å². The lowest BCUT2D eigenvalue weighted by Gasteiger charge is -2.14. The van der Waals surface area contributed by atoms with Gasteiger partial charge in [0.05, 0.1) is 0 Å². The van der Waals surface area contributed by atoms with Crippen molar-refractivity contribution in [3.8, 4) is 16.9 Å². The van der Waals surface area contributed by atoms with Crippen LogP contribution in [-0.4, -0.2) is 31.1 Å². The number of hydrogen-bond acceptors (Lipinski definition) is 5. The van der Waals surface area contributed by atoms with E-state index in [1.54, 1.807) is 54.6 Å². The van der Waals surface area contributed by atoms with Crippen LogP contribution in [0.1, 0.15) is 0 Å². The first-order valence-corrected chi connectivity index (χ1v) is 20.0. The van der Waals surface area contributed by atoms with E-state index in [0.29, 0.717) is 27.0 Å². The lowest BCUT2D eigenvalue weighted by molar-refractivity contribution is -0.0499.